The molecule has 0 bridgehead atoms. The summed E-state index contributed by atoms with van der Waals surface area (Å²) in [6.07, 6.45) is 6.60. The fourth-order valence-electron chi connectivity index (χ4n) is 3.19. The van der Waals surface area contributed by atoms with E-state index in [1.165, 1.54) is 18.4 Å². The third-order valence-corrected chi connectivity index (χ3v) is 4.53. The van der Waals surface area contributed by atoms with Gasteiger partial charge in [-0.3, -0.25) is 9.58 Å². The molecule has 108 valence electrons. The van der Waals surface area contributed by atoms with Crippen molar-refractivity contribution in [3.05, 3.63) is 18.0 Å². The van der Waals surface area contributed by atoms with E-state index < -0.39 is 0 Å². The average Bonchev–Trinajstić information content (AvgIpc) is 2.76. The third-order valence-electron chi connectivity index (χ3n) is 4.53. The van der Waals surface area contributed by atoms with E-state index in [9.17, 15) is 0 Å². The van der Waals surface area contributed by atoms with Crippen LogP contribution in [0.1, 0.15) is 45.2 Å². The summed E-state index contributed by atoms with van der Waals surface area (Å²) in [7, 11) is 1.96. The number of rotatable bonds is 3. The number of aryl methyl sites for hydroxylation is 1. The lowest BCUT2D eigenvalue weighted by Crippen LogP contribution is -2.42. The van der Waals surface area contributed by atoms with Crippen molar-refractivity contribution in [2.45, 2.75) is 39.7 Å². The predicted molar refractivity (Wildman–Crippen MR) is 78.8 cm³/mol. The predicted octanol–water partition coefficient (Wildman–Crippen LogP) is 2.18. The molecule has 1 aliphatic heterocycles. The van der Waals surface area contributed by atoms with Crippen LogP contribution in [0.4, 0.5) is 0 Å². The average molecular weight is 264 g/mol. The lowest BCUT2D eigenvalue weighted by Gasteiger charge is -2.41. The molecule has 0 spiro atoms. The molecule has 0 saturated carbocycles. The van der Waals surface area contributed by atoms with Crippen LogP contribution in [0.3, 0.4) is 0 Å². The molecule has 0 aromatic carbocycles. The van der Waals surface area contributed by atoms with Crippen molar-refractivity contribution < 1.29 is 0 Å². The highest BCUT2D eigenvalue weighted by Gasteiger charge is 2.31. The number of nitrogens with two attached hydrogens (primary N) is 1. The molecule has 1 aromatic rings. The summed E-state index contributed by atoms with van der Waals surface area (Å²) < 4.78 is 1.86. The Morgan fingerprint density at radius 2 is 2.00 bits per heavy atom. The molecular formula is C15H28N4. The quantitative estimate of drug-likeness (QED) is 0.910. The van der Waals surface area contributed by atoms with E-state index in [2.05, 4.69) is 37.0 Å². The number of hydrogen-bond donors (Lipinski definition) is 1. The van der Waals surface area contributed by atoms with Gasteiger partial charge in [-0.1, -0.05) is 20.8 Å². The van der Waals surface area contributed by atoms with E-state index in [-0.39, 0.29) is 0 Å². The van der Waals surface area contributed by atoms with Crippen molar-refractivity contribution in [1.29, 1.82) is 0 Å². The first-order chi connectivity index (χ1) is 8.91. The van der Waals surface area contributed by atoms with Gasteiger partial charge in [-0.25, -0.2) is 0 Å². The summed E-state index contributed by atoms with van der Waals surface area (Å²) in [4.78, 5) is 2.53. The zero-order valence-electron chi connectivity index (χ0n) is 12.8. The van der Waals surface area contributed by atoms with Gasteiger partial charge >= 0.3 is 0 Å². The molecule has 1 aliphatic rings. The van der Waals surface area contributed by atoms with Crippen molar-refractivity contribution >= 4 is 0 Å². The second-order valence-corrected chi connectivity index (χ2v) is 6.88. The van der Waals surface area contributed by atoms with Gasteiger partial charge in [0, 0.05) is 25.4 Å². The first kappa shape index (κ1) is 14.5. The molecule has 2 N–H and O–H groups in total. The fraction of sp³-hybridized carbons (Fsp3) is 0.800. The second-order valence-electron chi connectivity index (χ2n) is 6.88. The summed E-state index contributed by atoms with van der Waals surface area (Å²) >= 11 is 0. The lowest BCUT2D eigenvalue weighted by molar-refractivity contribution is 0.0846. The Morgan fingerprint density at radius 3 is 2.42 bits per heavy atom. The highest BCUT2D eigenvalue weighted by atomic mass is 15.3. The number of likely N-dealkylation sites (tertiary alicyclic amines) is 1. The van der Waals surface area contributed by atoms with Gasteiger partial charge in [0.25, 0.3) is 0 Å². The highest BCUT2D eigenvalue weighted by molar-refractivity contribution is 5.11. The summed E-state index contributed by atoms with van der Waals surface area (Å²) in [6, 6.07) is 0.328. The normalized spacial score (nSPS) is 20.7. The molecule has 1 fully saturated rings. The Labute approximate surface area is 117 Å². The second kappa shape index (κ2) is 5.63. The van der Waals surface area contributed by atoms with Crippen LogP contribution in [0.25, 0.3) is 0 Å². The molecule has 1 unspecified atom stereocenters. The van der Waals surface area contributed by atoms with Gasteiger partial charge in [0.05, 0.1) is 12.2 Å². The van der Waals surface area contributed by atoms with E-state index in [1.807, 2.05) is 17.9 Å². The molecule has 0 aliphatic carbocycles. The monoisotopic (exact) mass is 264 g/mol. The van der Waals surface area contributed by atoms with Crippen molar-refractivity contribution in [2.75, 3.05) is 19.6 Å². The summed E-state index contributed by atoms with van der Waals surface area (Å²) in [5.74, 6) is 0.830. The number of nitrogens with zero attached hydrogens (tertiary/aromatic N) is 3. The largest absolute Gasteiger partial charge is 0.329 e. The molecule has 2 heterocycles. The Hall–Kier alpha value is -0.870. The van der Waals surface area contributed by atoms with Crippen LogP contribution in [-0.2, 0) is 7.05 Å². The molecule has 4 nitrogen and oxygen atoms in total. The molecule has 1 aromatic heterocycles. The van der Waals surface area contributed by atoms with Gasteiger partial charge in [0.2, 0.25) is 0 Å². The van der Waals surface area contributed by atoms with Crippen LogP contribution >= 0.6 is 0 Å². The van der Waals surface area contributed by atoms with Crippen LogP contribution in [0, 0.1) is 11.3 Å². The minimum atomic E-state index is 0.328. The Morgan fingerprint density at radius 1 is 1.37 bits per heavy atom. The van der Waals surface area contributed by atoms with Crippen LogP contribution in [-0.4, -0.2) is 34.3 Å². The van der Waals surface area contributed by atoms with Crippen LogP contribution in [0.15, 0.2) is 12.4 Å². The summed E-state index contributed by atoms with van der Waals surface area (Å²) in [5, 5.41) is 4.27. The number of hydrogen-bond acceptors (Lipinski definition) is 3. The van der Waals surface area contributed by atoms with Crippen LogP contribution in [0.5, 0.6) is 0 Å². The van der Waals surface area contributed by atoms with E-state index in [0.29, 0.717) is 18.0 Å². The van der Waals surface area contributed by atoms with Gasteiger partial charge in [-0.05, 0) is 37.3 Å². The maximum absolute atomic E-state index is 5.99. The Kier molecular flexibility index (Phi) is 4.31. The minimum absolute atomic E-state index is 0.328. The van der Waals surface area contributed by atoms with Crippen LogP contribution in [0.2, 0.25) is 0 Å². The highest BCUT2D eigenvalue weighted by Crippen LogP contribution is 2.36. The maximum atomic E-state index is 5.99. The first-order valence-electron chi connectivity index (χ1n) is 7.34. The Balaban J connectivity index is 1.99. The van der Waals surface area contributed by atoms with Gasteiger partial charge in [-0.2, -0.15) is 5.10 Å². The standard InChI is InChI=1S/C15H28N4/c1-15(2,3)13-5-7-19(8-6-13)14(9-16)12-10-17-18(4)11-12/h10-11,13-14H,5-9,16H2,1-4H3. The SMILES string of the molecule is Cn1cc(C(CN)N2CCC(C(C)(C)C)CC2)cn1. The minimum Gasteiger partial charge on any atom is -0.329 e. The summed E-state index contributed by atoms with van der Waals surface area (Å²) in [5.41, 5.74) is 7.67. The van der Waals surface area contributed by atoms with Gasteiger partial charge in [-0.15, -0.1) is 0 Å². The topological polar surface area (TPSA) is 47.1 Å². The number of aromatic nitrogens is 2. The Bertz CT molecular complexity index is 397. The zero-order chi connectivity index (χ0) is 14.0. The molecule has 19 heavy (non-hydrogen) atoms. The third kappa shape index (κ3) is 3.37. The maximum Gasteiger partial charge on any atom is 0.0538 e. The smallest absolute Gasteiger partial charge is 0.0538 e. The van der Waals surface area contributed by atoms with Crippen molar-refractivity contribution in [1.82, 2.24) is 14.7 Å². The molecule has 4 heteroatoms. The van der Waals surface area contributed by atoms with Crippen molar-refractivity contribution in [2.24, 2.45) is 24.1 Å². The lowest BCUT2D eigenvalue weighted by atomic mass is 9.75. The first-order valence-corrected chi connectivity index (χ1v) is 7.34. The molecule has 1 saturated heterocycles. The molecule has 0 amide bonds. The molecule has 0 radical (unpaired) electrons. The van der Waals surface area contributed by atoms with Crippen molar-refractivity contribution in [3.8, 4) is 0 Å². The van der Waals surface area contributed by atoms with Gasteiger partial charge < -0.3 is 5.73 Å². The molecule has 1 atom stereocenters. The number of piperidine rings is 1. The zero-order valence-corrected chi connectivity index (χ0v) is 12.8. The van der Waals surface area contributed by atoms with Crippen molar-refractivity contribution in [3.63, 3.8) is 0 Å². The van der Waals surface area contributed by atoms with E-state index in [0.717, 1.165) is 19.0 Å². The van der Waals surface area contributed by atoms with Crippen LogP contribution < -0.4 is 5.73 Å². The van der Waals surface area contributed by atoms with Gasteiger partial charge in [0.1, 0.15) is 0 Å². The molecule has 2 rings (SSSR count). The fourth-order valence-corrected chi connectivity index (χ4v) is 3.19. The summed E-state index contributed by atoms with van der Waals surface area (Å²) in [6.45, 7) is 10.0. The molecular weight excluding hydrogens is 236 g/mol. The van der Waals surface area contributed by atoms with E-state index >= 15 is 0 Å². The van der Waals surface area contributed by atoms with E-state index in [4.69, 9.17) is 5.73 Å². The van der Waals surface area contributed by atoms with E-state index in [1.54, 1.807) is 0 Å². The van der Waals surface area contributed by atoms with Gasteiger partial charge in [0.15, 0.2) is 0 Å².